The molecule has 0 fully saturated rings. The Bertz CT molecular complexity index is 384. The molecule has 0 saturated carbocycles. The molecule has 16 N–H and O–H groups in total. The third kappa shape index (κ3) is 3290. The van der Waals surface area contributed by atoms with Gasteiger partial charge in [0.1, 0.15) is 0 Å². The number of carboxylic acid groups (broad SMARTS) is 16. The molecule has 0 aromatic rings. The molecule has 0 spiro atoms. The van der Waals surface area contributed by atoms with Crippen molar-refractivity contribution < 1.29 is 213 Å². The molecule has 27 heteroatoms. The summed E-state index contributed by atoms with van der Waals surface area (Å²) in [5, 5.41) is 112. The Labute approximate surface area is 260 Å². The number of carbonyl (C=O) groups is 8. The van der Waals surface area contributed by atoms with Gasteiger partial charge < -0.3 is 86.0 Å². The molecule has 0 aromatic heterocycles. The zero-order valence-corrected chi connectivity index (χ0v) is 23.4. The summed E-state index contributed by atoms with van der Waals surface area (Å²) in [4.78, 5) is 68.4. The first-order valence-corrected chi connectivity index (χ1v) is 5.21. The van der Waals surface area contributed by atoms with Gasteiger partial charge >= 0.3 is 138 Å². The average molecular weight is 568 g/mol. The van der Waals surface area contributed by atoms with E-state index in [4.69, 9.17) is 120 Å². The van der Waals surface area contributed by atoms with Gasteiger partial charge in [0, 0.05) is 0 Å². The summed E-state index contributed by atoms with van der Waals surface area (Å²) >= 11 is 0. The summed E-state index contributed by atoms with van der Waals surface area (Å²) in [6, 6.07) is 0. The molecule has 0 unspecified atom stereocenters. The molecule has 0 amide bonds. The van der Waals surface area contributed by atoms with Gasteiger partial charge in [0.05, 0.1) is 0 Å². The Morgan fingerprint density at radius 1 is 0.229 bits per heavy atom. The summed E-state index contributed by atoms with van der Waals surface area (Å²) < 4.78 is 0. The Morgan fingerprint density at radius 3 is 0.229 bits per heavy atom. The van der Waals surface area contributed by atoms with Gasteiger partial charge in [0.15, 0.2) is 0 Å². The molecule has 198 valence electrons. The zero-order valence-electron chi connectivity index (χ0n) is 20.4. The second kappa shape index (κ2) is 63.3. The Hall–Kier alpha value is -2.84. The Balaban J connectivity index is -0.0000000141. The topological polar surface area (TPSA) is 460 Å². The van der Waals surface area contributed by atoms with Crippen LogP contribution in [-0.4, -0.2) is 131 Å². The maximum absolute atomic E-state index is 8.56. The number of hydrogen-bond donors (Lipinski definition) is 16. The minimum Gasteiger partial charge on any atom is -1.00 e. The molecule has 0 atom stereocenters. The van der Waals surface area contributed by atoms with E-state index in [1.807, 2.05) is 0 Å². The molecule has 0 radical (unpaired) electrons. The fourth-order valence-corrected chi connectivity index (χ4v) is 0. The van der Waals surface area contributed by atoms with E-state index in [0.717, 1.165) is 0 Å². The molecule has 35 heavy (non-hydrogen) atoms. The van der Waals surface area contributed by atoms with Crippen molar-refractivity contribution in [2.24, 2.45) is 0 Å². The molecular formula is C8H19Na3O24. The van der Waals surface area contributed by atoms with Crippen molar-refractivity contribution in [2.75, 3.05) is 0 Å². The SMILES string of the molecule is O=C(O)O.O=C(O)O.O=C(O)O.O=C(O)O.O=C(O)O.O=C(O)O.O=C(O)O.O=C(O)O.[H-].[H-].[H-].[Na+].[Na+].[Na+]. The molecule has 0 heterocycles. The van der Waals surface area contributed by atoms with Crippen molar-refractivity contribution in [3.63, 3.8) is 0 Å². The van der Waals surface area contributed by atoms with Crippen LogP contribution in [0.1, 0.15) is 4.28 Å². The molecule has 24 nitrogen and oxygen atoms in total. The van der Waals surface area contributed by atoms with Gasteiger partial charge in [-0.05, 0) is 0 Å². The van der Waals surface area contributed by atoms with E-state index >= 15 is 0 Å². The third-order valence-corrected chi connectivity index (χ3v) is 0. The normalized spacial score (nSPS) is 5.49. The molecule has 0 bridgehead atoms. The van der Waals surface area contributed by atoms with E-state index in [-0.39, 0.29) is 93.0 Å². The molecular weight excluding hydrogens is 549 g/mol. The fourth-order valence-electron chi connectivity index (χ4n) is 0. The molecule has 0 saturated heterocycles. The predicted molar refractivity (Wildman–Crippen MR) is 88.6 cm³/mol. The van der Waals surface area contributed by atoms with Crippen LogP contribution in [0.15, 0.2) is 0 Å². The van der Waals surface area contributed by atoms with Crippen LogP contribution in [0, 0.1) is 0 Å². The van der Waals surface area contributed by atoms with Gasteiger partial charge in [-0.25, -0.2) is 38.4 Å². The van der Waals surface area contributed by atoms with Crippen LogP contribution >= 0.6 is 0 Å². The summed E-state index contributed by atoms with van der Waals surface area (Å²) in [6.45, 7) is 0. The molecule has 0 aliphatic rings. The second-order valence-electron chi connectivity index (χ2n) is 2.26. The second-order valence-corrected chi connectivity index (χ2v) is 2.26. The van der Waals surface area contributed by atoms with Gasteiger partial charge in [-0.15, -0.1) is 0 Å². The summed E-state index contributed by atoms with van der Waals surface area (Å²) in [5.74, 6) is 0. The van der Waals surface area contributed by atoms with Crippen LogP contribution in [-0.2, 0) is 0 Å². The van der Waals surface area contributed by atoms with E-state index in [1.165, 1.54) is 0 Å². The van der Waals surface area contributed by atoms with Gasteiger partial charge in [-0.1, -0.05) is 0 Å². The summed E-state index contributed by atoms with van der Waals surface area (Å²) in [5.41, 5.74) is 0. The first-order chi connectivity index (χ1) is 13.9. The standard InChI is InChI=1S/8CH2O3.3Na.3H/c8*2-1(3)4;;;;;;/h8*(H2,2,3,4);;;;;;/q;;;;;;;;3*+1;3*-1. The average Bonchev–Trinajstić information content (AvgIpc) is 2.30. The van der Waals surface area contributed by atoms with Crippen LogP contribution < -0.4 is 88.7 Å². The van der Waals surface area contributed by atoms with E-state index < -0.39 is 49.2 Å². The van der Waals surface area contributed by atoms with Crippen molar-refractivity contribution in [1.29, 1.82) is 0 Å². The van der Waals surface area contributed by atoms with E-state index in [0.29, 0.717) is 0 Å². The van der Waals surface area contributed by atoms with Gasteiger partial charge in [0.25, 0.3) is 0 Å². The Kier molecular flexibility index (Phi) is 126. The van der Waals surface area contributed by atoms with Gasteiger partial charge in [-0.3, -0.25) is 0 Å². The summed E-state index contributed by atoms with van der Waals surface area (Å²) in [6.07, 6.45) is -14.7. The van der Waals surface area contributed by atoms with E-state index in [1.54, 1.807) is 0 Å². The van der Waals surface area contributed by atoms with Crippen LogP contribution in [0.25, 0.3) is 0 Å². The van der Waals surface area contributed by atoms with Crippen molar-refractivity contribution in [3.05, 3.63) is 0 Å². The van der Waals surface area contributed by atoms with Crippen molar-refractivity contribution in [1.82, 2.24) is 0 Å². The van der Waals surface area contributed by atoms with Crippen molar-refractivity contribution in [2.45, 2.75) is 0 Å². The quantitative estimate of drug-likeness (QED) is 0.121. The minimum atomic E-state index is -1.83. The van der Waals surface area contributed by atoms with E-state index in [9.17, 15) is 0 Å². The predicted octanol–water partition coefficient (Wildman–Crippen LogP) is -6.87. The first kappa shape index (κ1) is 69.7. The van der Waals surface area contributed by atoms with Crippen molar-refractivity contribution >= 4 is 49.2 Å². The molecule has 0 aliphatic heterocycles. The molecule has 0 aliphatic carbocycles. The summed E-state index contributed by atoms with van der Waals surface area (Å²) in [7, 11) is 0. The molecule has 0 rings (SSSR count). The fraction of sp³-hybridized carbons (Fsp3) is 0. The molecule has 0 aromatic carbocycles. The van der Waals surface area contributed by atoms with Crippen LogP contribution in [0.5, 0.6) is 0 Å². The Morgan fingerprint density at radius 2 is 0.229 bits per heavy atom. The first-order valence-electron chi connectivity index (χ1n) is 5.21. The number of hydrogen-bond acceptors (Lipinski definition) is 8. The zero-order chi connectivity index (χ0) is 28.6. The third-order valence-electron chi connectivity index (χ3n) is 0. The smallest absolute Gasteiger partial charge is 1.00 e. The monoisotopic (exact) mass is 568 g/mol. The van der Waals surface area contributed by atoms with E-state index in [2.05, 4.69) is 0 Å². The maximum Gasteiger partial charge on any atom is 1.00 e. The van der Waals surface area contributed by atoms with Crippen LogP contribution in [0.3, 0.4) is 0 Å². The maximum atomic E-state index is 8.56. The van der Waals surface area contributed by atoms with Crippen LogP contribution in [0.2, 0.25) is 0 Å². The largest absolute Gasteiger partial charge is 1.00 e. The minimum absolute atomic E-state index is 0. The number of rotatable bonds is 0. The van der Waals surface area contributed by atoms with Gasteiger partial charge in [0.2, 0.25) is 0 Å². The van der Waals surface area contributed by atoms with Gasteiger partial charge in [-0.2, -0.15) is 0 Å². The van der Waals surface area contributed by atoms with Crippen LogP contribution in [0.4, 0.5) is 38.4 Å². The van der Waals surface area contributed by atoms with Crippen molar-refractivity contribution in [3.8, 4) is 0 Å².